The van der Waals surface area contributed by atoms with Crippen molar-refractivity contribution in [1.29, 1.82) is 0 Å². The summed E-state index contributed by atoms with van der Waals surface area (Å²) in [5.74, 6) is 0.527. The van der Waals surface area contributed by atoms with Crippen molar-refractivity contribution >= 4 is 11.7 Å². The van der Waals surface area contributed by atoms with Crippen LogP contribution in [0.1, 0.15) is 18.9 Å². The smallest absolute Gasteiger partial charge is 0.308 e. The third kappa shape index (κ3) is 2.30. The molecular formula is C18H19NO3. The van der Waals surface area contributed by atoms with Crippen molar-refractivity contribution in [3.63, 3.8) is 0 Å². The average Bonchev–Trinajstić information content (AvgIpc) is 2.54. The van der Waals surface area contributed by atoms with E-state index in [-0.39, 0.29) is 12.4 Å². The highest BCUT2D eigenvalue weighted by atomic mass is 16.5. The Morgan fingerprint density at radius 1 is 1.14 bits per heavy atom. The predicted octanol–water partition coefficient (Wildman–Crippen LogP) is 3.57. The third-order valence-corrected chi connectivity index (χ3v) is 4.17. The standard InChI is InChI=1S/C18H19NO3/c1-18(11-17(20)22-3)15-10-12(21-2)8-9-13(15)14-6-4-5-7-16(14)19-18/h4-10,19H,11H2,1-3H3. The molecule has 0 fully saturated rings. The summed E-state index contributed by atoms with van der Waals surface area (Å²) < 4.78 is 10.2. The van der Waals surface area contributed by atoms with Gasteiger partial charge in [-0.15, -0.1) is 0 Å². The third-order valence-electron chi connectivity index (χ3n) is 4.17. The SMILES string of the molecule is COC(=O)CC1(C)Nc2ccccc2-c2ccc(OC)cc21. The van der Waals surface area contributed by atoms with Crippen LogP contribution in [0.15, 0.2) is 42.5 Å². The lowest BCUT2D eigenvalue weighted by Crippen LogP contribution is -2.37. The average molecular weight is 297 g/mol. The lowest BCUT2D eigenvalue weighted by atomic mass is 9.79. The van der Waals surface area contributed by atoms with E-state index in [1.54, 1.807) is 7.11 Å². The number of hydrogen-bond donors (Lipinski definition) is 1. The molecule has 2 aromatic rings. The first kappa shape index (κ1) is 14.4. The van der Waals surface area contributed by atoms with Crippen LogP contribution in [-0.4, -0.2) is 20.2 Å². The molecule has 0 amide bonds. The Morgan fingerprint density at radius 2 is 1.91 bits per heavy atom. The summed E-state index contributed by atoms with van der Waals surface area (Å²) in [6.07, 6.45) is 0.248. The number of para-hydroxylation sites is 1. The van der Waals surface area contributed by atoms with Crippen molar-refractivity contribution in [3.8, 4) is 16.9 Å². The topological polar surface area (TPSA) is 47.6 Å². The molecule has 1 N–H and O–H groups in total. The fourth-order valence-electron chi connectivity index (χ4n) is 3.03. The molecular weight excluding hydrogens is 278 g/mol. The fourth-order valence-corrected chi connectivity index (χ4v) is 3.03. The first-order chi connectivity index (χ1) is 10.6. The molecule has 0 spiro atoms. The van der Waals surface area contributed by atoms with E-state index in [1.165, 1.54) is 7.11 Å². The monoisotopic (exact) mass is 297 g/mol. The van der Waals surface area contributed by atoms with Gasteiger partial charge >= 0.3 is 5.97 Å². The summed E-state index contributed by atoms with van der Waals surface area (Å²) in [5.41, 5.74) is 3.76. The molecule has 0 aromatic heterocycles. The zero-order chi connectivity index (χ0) is 15.7. The Bertz CT molecular complexity index is 726. The van der Waals surface area contributed by atoms with Crippen LogP contribution in [0.3, 0.4) is 0 Å². The van der Waals surface area contributed by atoms with Crippen molar-refractivity contribution in [3.05, 3.63) is 48.0 Å². The van der Waals surface area contributed by atoms with Crippen molar-refractivity contribution in [1.82, 2.24) is 0 Å². The molecule has 4 heteroatoms. The van der Waals surface area contributed by atoms with Crippen LogP contribution in [0, 0.1) is 0 Å². The Morgan fingerprint density at radius 3 is 2.64 bits per heavy atom. The number of methoxy groups -OCH3 is 2. The van der Waals surface area contributed by atoms with Crippen LogP contribution in [0.2, 0.25) is 0 Å². The maximum atomic E-state index is 11.9. The number of nitrogens with one attached hydrogen (secondary N) is 1. The van der Waals surface area contributed by atoms with Gasteiger partial charge in [-0.1, -0.05) is 24.3 Å². The summed E-state index contributed by atoms with van der Waals surface area (Å²) in [5, 5.41) is 3.49. The molecule has 0 saturated heterocycles. The molecule has 1 atom stereocenters. The van der Waals surface area contributed by atoms with Crippen molar-refractivity contribution in [2.24, 2.45) is 0 Å². The highest BCUT2D eigenvalue weighted by Crippen LogP contribution is 2.46. The molecule has 114 valence electrons. The number of benzene rings is 2. The predicted molar refractivity (Wildman–Crippen MR) is 86.0 cm³/mol. The van der Waals surface area contributed by atoms with Crippen LogP contribution in [0.5, 0.6) is 5.75 Å². The van der Waals surface area contributed by atoms with Gasteiger partial charge in [-0.25, -0.2) is 0 Å². The second kappa shape index (κ2) is 5.37. The second-order valence-electron chi connectivity index (χ2n) is 5.67. The van der Waals surface area contributed by atoms with E-state index in [9.17, 15) is 4.79 Å². The lowest BCUT2D eigenvalue weighted by Gasteiger charge is -2.38. The summed E-state index contributed by atoms with van der Waals surface area (Å²) >= 11 is 0. The number of hydrogen-bond acceptors (Lipinski definition) is 4. The van der Waals surface area contributed by atoms with Gasteiger partial charge in [0.15, 0.2) is 0 Å². The van der Waals surface area contributed by atoms with Crippen LogP contribution in [0.25, 0.3) is 11.1 Å². The van der Waals surface area contributed by atoms with Gasteiger partial charge in [0.25, 0.3) is 0 Å². The summed E-state index contributed by atoms with van der Waals surface area (Å²) in [6.45, 7) is 2.01. The number of fused-ring (bicyclic) bond motifs is 3. The normalized spacial score (nSPS) is 18.7. The number of anilines is 1. The molecule has 4 nitrogen and oxygen atoms in total. The molecule has 0 bridgehead atoms. The molecule has 1 unspecified atom stereocenters. The largest absolute Gasteiger partial charge is 0.497 e. The number of ether oxygens (including phenoxy) is 2. The summed E-state index contributed by atoms with van der Waals surface area (Å²) in [6, 6.07) is 14.1. The van der Waals surface area contributed by atoms with Gasteiger partial charge in [0, 0.05) is 11.3 Å². The quantitative estimate of drug-likeness (QED) is 0.880. The number of carbonyl (C=O) groups is 1. The maximum Gasteiger partial charge on any atom is 0.308 e. The van der Waals surface area contributed by atoms with Crippen LogP contribution in [0.4, 0.5) is 5.69 Å². The Labute approximate surface area is 130 Å². The van der Waals surface area contributed by atoms with E-state index in [0.717, 1.165) is 28.1 Å². The van der Waals surface area contributed by atoms with Gasteiger partial charge in [-0.3, -0.25) is 4.79 Å². The van der Waals surface area contributed by atoms with Crippen molar-refractivity contribution < 1.29 is 14.3 Å². The summed E-state index contributed by atoms with van der Waals surface area (Å²) in [4.78, 5) is 11.9. The number of carbonyl (C=O) groups excluding carboxylic acids is 1. The van der Waals surface area contributed by atoms with Gasteiger partial charge in [0.1, 0.15) is 5.75 Å². The van der Waals surface area contributed by atoms with Crippen molar-refractivity contribution in [2.75, 3.05) is 19.5 Å². The van der Waals surface area contributed by atoms with E-state index in [2.05, 4.69) is 11.4 Å². The van der Waals surface area contributed by atoms with E-state index in [1.807, 2.05) is 43.3 Å². The summed E-state index contributed by atoms with van der Waals surface area (Å²) in [7, 11) is 3.05. The molecule has 2 aromatic carbocycles. The minimum atomic E-state index is -0.536. The van der Waals surface area contributed by atoms with Crippen LogP contribution < -0.4 is 10.1 Å². The zero-order valence-electron chi connectivity index (χ0n) is 13.0. The van der Waals surface area contributed by atoms with Crippen LogP contribution in [-0.2, 0) is 15.1 Å². The highest BCUT2D eigenvalue weighted by molar-refractivity contribution is 5.86. The Balaban J connectivity index is 2.18. The molecule has 1 heterocycles. The van der Waals surface area contributed by atoms with Gasteiger partial charge < -0.3 is 14.8 Å². The van der Waals surface area contributed by atoms with E-state index in [4.69, 9.17) is 9.47 Å². The van der Waals surface area contributed by atoms with E-state index < -0.39 is 5.54 Å². The number of esters is 1. The molecule has 1 aliphatic rings. The maximum absolute atomic E-state index is 11.9. The number of rotatable bonds is 3. The molecule has 0 saturated carbocycles. The minimum Gasteiger partial charge on any atom is -0.497 e. The van der Waals surface area contributed by atoms with Gasteiger partial charge in [-0.2, -0.15) is 0 Å². The molecule has 3 rings (SSSR count). The minimum absolute atomic E-state index is 0.247. The van der Waals surface area contributed by atoms with Crippen molar-refractivity contribution in [2.45, 2.75) is 18.9 Å². The van der Waals surface area contributed by atoms with Gasteiger partial charge in [0.05, 0.1) is 26.2 Å². The van der Waals surface area contributed by atoms with E-state index in [0.29, 0.717) is 0 Å². The molecule has 1 aliphatic heterocycles. The first-order valence-corrected chi connectivity index (χ1v) is 7.20. The van der Waals surface area contributed by atoms with Crippen LogP contribution >= 0.6 is 0 Å². The molecule has 0 aliphatic carbocycles. The Kier molecular flexibility index (Phi) is 3.53. The van der Waals surface area contributed by atoms with E-state index >= 15 is 0 Å². The molecule has 0 radical (unpaired) electrons. The second-order valence-corrected chi connectivity index (χ2v) is 5.67. The fraction of sp³-hybridized carbons (Fsp3) is 0.278. The highest BCUT2D eigenvalue weighted by Gasteiger charge is 2.36. The van der Waals surface area contributed by atoms with Gasteiger partial charge in [-0.05, 0) is 36.2 Å². The van der Waals surface area contributed by atoms with Gasteiger partial charge in [0.2, 0.25) is 0 Å². The zero-order valence-corrected chi connectivity index (χ0v) is 13.0. The lowest BCUT2D eigenvalue weighted by molar-refractivity contribution is -0.141. The Hall–Kier alpha value is -2.49. The first-order valence-electron chi connectivity index (χ1n) is 7.20. The molecule has 22 heavy (non-hydrogen) atoms.